The molecule has 0 amide bonds. The van der Waals surface area contributed by atoms with E-state index in [9.17, 15) is 4.79 Å². The van der Waals surface area contributed by atoms with E-state index in [1.165, 1.54) is 12.7 Å². The molecular formula is C13H12N2O2. The van der Waals surface area contributed by atoms with Crippen molar-refractivity contribution in [3.63, 3.8) is 0 Å². The van der Waals surface area contributed by atoms with Gasteiger partial charge in [-0.15, -0.1) is 0 Å². The van der Waals surface area contributed by atoms with E-state index in [1.54, 1.807) is 0 Å². The fraction of sp³-hybridized carbons (Fsp3) is 0.231. The van der Waals surface area contributed by atoms with Crippen LogP contribution >= 0.6 is 0 Å². The minimum absolute atomic E-state index is 0.374. The molecular weight excluding hydrogens is 216 g/mol. The van der Waals surface area contributed by atoms with Gasteiger partial charge in [0.1, 0.15) is 0 Å². The quantitative estimate of drug-likeness (QED) is 0.698. The van der Waals surface area contributed by atoms with Gasteiger partial charge in [0, 0.05) is 5.69 Å². The van der Waals surface area contributed by atoms with E-state index >= 15 is 0 Å². The zero-order valence-electron chi connectivity index (χ0n) is 9.51. The summed E-state index contributed by atoms with van der Waals surface area (Å²) in [6.07, 6.45) is 1.89. The first-order valence-electron chi connectivity index (χ1n) is 5.55. The first-order valence-corrected chi connectivity index (χ1v) is 5.55. The maximum Gasteiger partial charge on any atom is 0.358 e. The van der Waals surface area contributed by atoms with Crippen molar-refractivity contribution >= 4 is 5.97 Å². The molecule has 0 bridgehead atoms. The van der Waals surface area contributed by atoms with Crippen molar-refractivity contribution in [3.05, 3.63) is 47.3 Å². The van der Waals surface area contributed by atoms with Crippen LogP contribution in [0.3, 0.4) is 0 Å². The van der Waals surface area contributed by atoms with Crippen molar-refractivity contribution in [2.75, 3.05) is 7.11 Å². The average molecular weight is 228 g/mol. The van der Waals surface area contributed by atoms with Crippen molar-refractivity contribution in [3.8, 4) is 5.69 Å². The maximum atomic E-state index is 11.4. The Bertz CT molecular complexity index is 587. The molecule has 2 heterocycles. The van der Waals surface area contributed by atoms with Gasteiger partial charge in [0.15, 0.2) is 5.69 Å². The van der Waals surface area contributed by atoms with Gasteiger partial charge in [0.25, 0.3) is 0 Å². The van der Waals surface area contributed by atoms with Gasteiger partial charge < -0.3 is 4.74 Å². The monoisotopic (exact) mass is 228 g/mol. The molecule has 0 unspecified atom stereocenters. The highest BCUT2D eigenvalue weighted by Gasteiger charge is 2.20. The van der Waals surface area contributed by atoms with E-state index in [-0.39, 0.29) is 5.97 Å². The molecule has 86 valence electrons. The Labute approximate surface area is 98.8 Å². The van der Waals surface area contributed by atoms with Crippen molar-refractivity contribution in [1.82, 2.24) is 9.78 Å². The smallest absolute Gasteiger partial charge is 0.358 e. The average Bonchev–Trinajstić information content (AvgIpc) is 2.82. The lowest BCUT2D eigenvalue weighted by molar-refractivity contribution is 0.0593. The Morgan fingerprint density at radius 3 is 3.00 bits per heavy atom. The van der Waals surface area contributed by atoms with E-state index < -0.39 is 0 Å². The third-order valence-corrected chi connectivity index (χ3v) is 3.05. The Kier molecular flexibility index (Phi) is 2.21. The molecule has 0 atom stereocenters. The predicted octanol–water partition coefficient (Wildman–Crippen LogP) is 1.76. The number of benzene rings is 1. The lowest BCUT2D eigenvalue weighted by Gasteiger charge is -2.17. The summed E-state index contributed by atoms with van der Waals surface area (Å²) in [5.74, 6) is -0.385. The van der Waals surface area contributed by atoms with Crippen LogP contribution < -0.4 is 0 Å². The van der Waals surface area contributed by atoms with Crippen LogP contribution in [0.4, 0.5) is 0 Å². The summed E-state index contributed by atoms with van der Waals surface area (Å²) in [5, 5.41) is 4.30. The van der Waals surface area contributed by atoms with Gasteiger partial charge in [-0.3, -0.25) is 0 Å². The highest BCUT2D eigenvalue weighted by atomic mass is 16.5. The number of aryl methyl sites for hydroxylation is 2. The Morgan fingerprint density at radius 2 is 2.18 bits per heavy atom. The number of hydrogen-bond donors (Lipinski definition) is 0. The molecule has 2 aromatic rings. The molecule has 0 aliphatic carbocycles. The zero-order chi connectivity index (χ0) is 11.8. The van der Waals surface area contributed by atoms with Crippen LogP contribution in [0.15, 0.2) is 30.3 Å². The van der Waals surface area contributed by atoms with Gasteiger partial charge in [-0.25, -0.2) is 9.48 Å². The van der Waals surface area contributed by atoms with E-state index in [0.717, 1.165) is 24.2 Å². The summed E-state index contributed by atoms with van der Waals surface area (Å²) in [4.78, 5) is 11.4. The number of aromatic nitrogens is 2. The van der Waals surface area contributed by atoms with Crippen LogP contribution in [-0.4, -0.2) is 22.9 Å². The molecule has 1 aromatic heterocycles. The van der Waals surface area contributed by atoms with Gasteiger partial charge in [-0.2, -0.15) is 5.10 Å². The normalized spacial score (nSPS) is 12.8. The third-order valence-electron chi connectivity index (χ3n) is 3.05. The van der Waals surface area contributed by atoms with Crippen LogP contribution in [0.5, 0.6) is 0 Å². The second kappa shape index (κ2) is 3.73. The molecule has 3 rings (SSSR count). The molecule has 0 fully saturated rings. The minimum atomic E-state index is -0.385. The maximum absolute atomic E-state index is 11.4. The van der Waals surface area contributed by atoms with Gasteiger partial charge >= 0.3 is 5.97 Å². The van der Waals surface area contributed by atoms with Crippen molar-refractivity contribution in [2.24, 2.45) is 0 Å². The van der Waals surface area contributed by atoms with Crippen LogP contribution in [0.25, 0.3) is 5.69 Å². The van der Waals surface area contributed by atoms with Crippen molar-refractivity contribution in [2.45, 2.75) is 12.8 Å². The lowest BCUT2D eigenvalue weighted by atomic mass is 10.0. The summed E-state index contributed by atoms with van der Waals surface area (Å²) in [6.45, 7) is 0. The van der Waals surface area contributed by atoms with E-state index in [2.05, 4.69) is 15.9 Å². The third kappa shape index (κ3) is 1.53. The fourth-order valence-electron chi connectivity index (χ4n) is 2.20. The molecule has 1 aliphatic rings. The van der Waals surface area contributed by atoms with Gasteiger partial charge in [0.05, 0.1) is 12.8 Å². The van der Waals surface area contributed by atoms with E-state index in [0.29, 0.717) is 5.69 Å². The first-order chi connectivity index (χ1) is 8.29. The van der Waals surface area contributed by atoms with Crippen LogP contribution in [0.2, 0.25) is 0 Å². The topological polar surface area (TPSA) is 44.1 Å². The molecule has 1 aliphatic heterocycles. The summed E-state index contributed by atoms with van der Waals surface area (Å²) in [7, 11) is 1.37. The number of ether oxygens (including phenoxy) is 1. The van der Waals surface area contributed by atoms with E-state index in [4.69, 9.17) is 0 Å². The number of esters is 1. The van der Waals surface area contributed by atoms with Crippen LogP contribution in [-0.2, 0) is 17.6 Å². The SMILES string of the molecule is COC(=O)c1cc2n(n1)-c1ccccc1CC2. The predicted molar refractivity (Wildman–Crippen MR) is 62.3 cm³/mol. The molecule has 0 saturated carbocycles. The van der Waals surface area contributed by atoms with Crippen LogP contribution in [0, 0.1) is 0 Å². The molecule has 1 aromatic carbocycles. The van der Waals surface area contributed by atoms with Gasteiger partial charge in [-0.05, 0) is 30.5 Å². The Morgan fingerprint density at radius 1 is 1.35 bits per heavy atom. The number of carbonyl (C=O) groups is 1. The summed E-state index contributed by atoms with van der Waals surface area (Å²) < 4.78 is 6.53. The molecule has 4 nitrogen and oxygen atoms in total. The molecule has 0 saturated heterocycles. The number of para-hydroxylation sites is 1. The zero-order valence-corrected chi connectivity index (χ0v) is 9.51. The minimum Gasteiger partial charge on any atom is -0.464 e. The summed E-state index contributed by atoms with van der Waals surface area (Å²) in [6, 6.07) is 9.92. The highest BCUT2D eigenvalue weighted by molar-refractivity contribution is 5.87. The van der Waals surface area contributed by atoms with E-state index in [1.807, 2.05) is 28.9 Å². The number of hydrogen-bond acceptors (Lipinski definition) is 3. The van der Waals surface area contributed by atoms with Gasteiger partial charge in [-0.1, -0.05) is 18.2 Å². The number of rotatable bonds is 1. The van der Waals surface area contributed by atoms with Crippen molar-refractivity contribution < 1.29 is 9.53 Å². The van der Waals surface area contributed by atoms with Crippen molar-refractivity contribution in [1.29, 1.82) is 0 Å². The molecule has 17 heavy (non-hydrogen) atoms. The fourth-order valence-corrected chi connectivity index (χ4v) is 2.20. The molecule has 0 radical (unpaired) electrons. The number of fused-ring (bicyclic) bond motifs is 3. The Hall–Kier alpha value is -2.10. The standard InChI is InChI=1S/C13H12N2O2/c1-17-13(16)11-8-10-7-6-9-4-2-3-5-12(9)15(10)14-11/h2-5,8H,6-7H2,1H3. The molecule has 0 spiro atoms. The number of carbonyl (C=O) groups excluding carboxylic acids is 1. The lowest BCUT2D eigenvalue weighted by Crippen LogP contribution is -2.12. The highest BCUT2D eigenvalue weighted by Crippen LogP contribution is 2.24. The second-order valence-corrected chi connectivity index (χ2v) is 4.05. The van der Waals surface area contributed by atoms with Crippen LogP contribution in [0.1, 0.15) is 21.7 Å². The molecule has 0 N–H and O–H groups in total. The van der Waals surface area contributed by atoms with Gasteiger partial charge in [0.2, 0.25) is 0 Å². The molecule has 4 heteroatoms. The summed E-state index contributed by atoms with van der Waals surface area (Å²) in [5.41, 5.74) is 3.76. The Balaban J connectivity index is 2.13. The first kappa shape index (κ1) is 10.1. The largest absolute Gasteiger partial charge is 0.464 e. The summed E-state index contributed by atoms with van der Waals surface area (Å²) >= 11 is 0. The number of nitrogens with zero attached hydrogens (tertiary/aromatic N) is 2. The number of methoxy groups -OCH3 is 1. The second-order valence-electron chi connectivity index (χ2n) is 4.05.